The lowest BCUT2D eigenvalue weighted by atomic mass is 10.1. The predicted octanol–water partition coefficient (Wildman–Crippen LogP) is 1.18. The van der Waals surface area contributed by atoms with E-state index in [4.69, 9.17) is 5.11 Å². The molecule has 0 saturated heterocycles. The van der Waals surface area contributed by atoms with Crippen LogP contribution in [0.2, 0.25) is 0 Å². The molecule has 96 valence electrons. The fraction of sp³-hybridized carbons (Fsp3) is 0.667. The first-order valence-electron chi connectivity index (χ1n) is 5.82. The van der Waals surface area contributed by atoms with E-state index in [2.05, 4.69) is 10.3 Å². The van der Waals surface area contributed by atoms with E-state index < -0.39 is 0 Å². The molecule has 1 aromatic rings. The largest absolute Gasteiger partial charge is 0.393 e. The van der Waals surface area contributed by atoms with Crippen LogP contribution in [0.3, 0.4) is 0 Å². The van der Waals surface area contributed by atoms with Gasteiger partial charge in [0.1, 0.15) is 0 Å². The third-order valence-corrected chi connectivity index (χ3v) is 2.42. The van der Waals surface area contributed by atoms with Crippen molar-refractivity contribution in [1.29, 1.82) is 0 Å². The van der Waals surface area contributed by atoms with Crippen LogP contribution in [0.5, 0.6) is 0 Å². The van der Waals surface area contributed by atoms with Gasteiger partial charge in [0.05, 0.1) is 6.10 Å². The predicted molar refractivity (Wildman–Crippen MR) is 68.3 cm³/mol. The van der Waals surface area contributed by atoms with Gasteiger partial charge >= 0.3 is 0 Å². The van der Waals surface area contributed by atoms with Crippen LogP contribution in [0.25, 0.3) is 0 Å². The fourth-order valence-electron chi connectivity index (χ4n) is 1.46. The van der Waals surface area contributed by atoms with Crippen LogP contribution in [-0.2, 0) is 5.54 Å². The maximum absolute atomic E-state index is 12.1. The van der Waals surface area contributed by atoms with Crippen molar-refractivity contribution in [3.63, 3.8) is 0 Å². The van der Waals surface area contributed by atoms with Gasteiger partial charge in [-0.2, -0.15) is 0 Å². The summed E-state index contributed by atoms with van der Waals surface area (Å²) in [4.78, 5) is 16.1. The minimum Gasteiger partial charge on any atom is -0.393 e. The Morgan fingerprint density at radius 1 is 1.53 bits per heavy atom. The van der Waals surface area contributed by atoms with Crippen LogP contribution in [-0.4, -0.2) is 27.3 Å². The first-order valence-corrected chi connectivity index (χ1v) is 5.82. The van der Waals surface area contributed by atoms with Gasteiger partial charge in [-0.15, -0.1) is 0 Å². The Morgan fingerprint density at radius 3 is 2.71 bits per heavy atom. The van der Waals surface area contributed by atoms with E-state index in [9.17, 15) is 4.79 Å². The smallest absolute Gasteiger partial charge is 0.293 e. The third kappa shape index (κ3) is 3.85. The second kappa shape index (κ2) is 5.31. The zero-order valence-electron chi connectivity index (χ0n) is 10.9. The Hall–Kier alpha value is -1.36. The molecule has 0 aliphatic rings. The molecular weight excluding hydrogens is 218 g/mol. The van der Waals surface area contributed by atoms with Crippen molar-refractivity contribution in [1.82, 2.24) is 9.55 Å². The molecule has 1 aromatic heterocycles. The highest BCUT2D eigenvalue weighted by atomic mass is 16.3. The summed E-state index contributed by atoms with van der Waals surface area (Å²) in [5.41, 5.74) is -0.397. The molecule has 0 saturated carbocycles. The Kier molecular flexibility index (Phi) is 4.28. The van der Waals surface area contributed by atoms with Crippen molar-refractivity contribution in [2.45, 2.75) is 45.8 Å². The van der Waals surface area contributed by atoms with Gasteiger partial charge in [-0.3, -0.25) is 4.79 Å². The van der Waals surface area contributed by atoms with Crippen molar-refractivity contribution in [3.8, 4) is 0 Å². The van der Waals surface area contributed by atoms with E-state index in [1.54, 1.807) is 23.9 Å². The second-order valence-corrected chi connectivity index (χ2v) is 5.19. The molecule has 1 atom stereocenters. The van der Waals surface area contributed by atoms with Crippen molar-refractivity contribution >= 4 is 5.82 Å². The molecule has 0 radical (unpaired) electrons. The molecule has 17 heavy (non-hydrogen) atoms. The minimum absolute atomic E-state index is 0.134. The summed E-state index contributed by atoms with van der Waals surface area (Å²) in [7, 11) is 0. The van der Waals surface area contributed by atoms with Crippen molar-refractivity contribution in [2.24, 2.45) is 0 Å². The van der Waals surface area contributed by atoms with Crippen LogP contribution < -0.4 is 10.9 Å². The number of hydrogen-bond acceptors (Lipinski definition) is 4. The highest BCUT2D eigenvalue weighted by molar-refractivity contribution is 5.30. The number of nitrogens with one attached hydrogen (secondary N) is 1. The van der Waals surface area contributed by atoms with Crippen LogP contribution in [0.1, 0.15) is 34.1 Å². The van der Waals surface area contributed by atoms with Crippen molar-refractivity contribution in [3.05, 3.63) is 22.7 Å². The van der Waals surface area contributed by atoms with Gasteiger partial charge in [0.15, 0.2) is 5.82 Å². The lowest BCUT2D eigenvalue weighted by molar-refractivity contribution is 0.188. The van der Waals surface area contributed by atoms with Crippen LogP contribution in [0.15, 0.2) is 17.2 Å². The lowest BCUT2D eigenvalue weighted by Gasteiger charge is -2.22. The molecule has 0 spiro atoms. The first-order chi connectivity index (χ1) is 7.82. The number of aliphatic hydroxyl groups excluding tert-OH is 1. The molecule has 5 nitrogen and oxygen atoms in total. The van der Waals surface area contributed by atoms with Crippen molar-refractivity contribution in [2.75, 3.05) is 11.9 Å². The molecule has 0 amide bonds. The Morgan fingerprint density at radius 2 is 2.18 bits per heavy atom. The summed E-state index contributed by atoms with van der Waals surface area (Å²) in [6, 6.07) is 0. The van der Waals surface area contributed by atoms with E-state index in [0.29, 0.717) is 18.8 Å². The highest BCUT2D eigenvalue weighted by Crippen LogP contribution is 2.10. The van der Waals surface area contributed by atoms with E-state index in [-0.39, 0.29) is 17.2 Å². The first kappa shape index (κ1) is 13.7. The molecule has 1 unspecified atom stereocenters. The number of aromatic nitrogens is 2. The molecular formula is C12H21N3O2. The van der Waals surface area contributed by atoms with E-state index in [1.807, 2.05) is 20.8 Å². The zero-order chi connectivity index (χ0) is 13.1. The second-order valence-electron chi connectivity index (χ2n) is 5.19. The molecule has 5 heteroatoms. The summed E-state index contributed by atoms with van der Waals surface area (Å²) in [6.45, 7) is 8.15. The average Bonchev–Trinajstić information content (AvgIpc) is 2.18. The van der Waals surface area contributed by atoms with E-state index in [1.165, 1.54) is 0 Å². The molecule has 0 fully saturated rings. The quantitative estimate of drug-likeness (QED) is 0.828. The number of rotatable bonds is 4. The Balaban J connectivity index is 2.85. The number of anilines is 1. The topological polar surface area (TPSA) is 67.2 Å². The summed E-state index contributed by atoms with van der Waals surface area (Å²) in [5.74, 6) is 0.336. The molecule has 1 heterocycles. The van der Waals surface area contributed by atoms with Crippen LogP contribution >= 0.6 is 0 Å². The number of aliphatic hydroxyl groups is 1. The molecule has 0 aliphatic heterocycles. The number of nitrogens with zero attached hydrogens (tertiary/aromatic N) is 2. The van der Waals surface area contributed by atoms with Gasteiger partial charge in [0, 0.05) is 24.5 Å². The lowest BCUT2D eigenvalue weighted by Crippen LogP contribution is -2.35. The zero-order valence-corrected chi connectivity index (χ0v) is 10.9. The SMILES string of the molecule is CC(O)CCNc1nccn(C(C)(C)C)c1=O. The van der Waals surface area contributed by atoms with Gasteiger partial charge in [0.25, 0.3) is 5.56 Å². The third-order valence-electron chi connectivity index (χ3n) is 2.42. The molecule has 2 N–H and O–H groups in total. The number of hydrogen-bond donors (Lipinski definition) is 2. The van der Waals surface area contributed by atoms with Crippen molar-refractivity contribution < 1.29 is 5.11 Å². The fourth-order valence-corrected chi connectivity index (χ4v) is 1.46. The maximum atomic E-state index is 12.1. The van der Waals surface area contributed by atoms with Gasteiger partial charge < -0.3 is 15.0 Å². The highest BCUT2D eigenvalue weighted by Gasteiger charge is 2.16. The summed E-state index contributed by atoms with van der Waals surface area (Å²) in [5, 5.41) is 12.1. The normalized spacial score (nSPS) is 13.5. The maximum Gasteiger partial charge on any atom is 0.293 e. The Bertz CT molecular complexity index is 418. The van der Waals surface area contributed by atoms with E-state index >= 15 is 0 Å². The molecule has 0 aliphatic carbocycles. The summed E-state index contributed by atoms with van der Waals surface area (Å²) in [6.07, 6.45) is 3.50. The standard InChI is InChI=1S/C12H21N3O2/c1-9(16)5-6-13-10-11(17)15(8-7-14-10)12(2,3)4/h7-9,16H,5-6H2,1-4H3,(H,13,14). The van der Waals surface area contributed by atoms with Gasteiger partial charge in [0.2, 0.25) is 0 Å². The van der Waals surface area contributed by atoms with E-state index in [0.717, 1.165) is 0 Å². The minimum atomic E-state index is -0.379. The van der Waals surface area contributed by atoms with Crippen LogP contribution in [0.4, 0.5) is 5.82 Å². The molecule has 0 bridgehead atoms. The van der Waals surface area contributed by atoms with Crippen LogP contribution in [0, 0.1) is 0 Å². The van der Waals surface area contributed by atoms with Gasteiger partial charge in [-0.1, -0.05) is 0 Å². The molecule has 1 rings (SSSR count). The average molecular weight is 239 g/mol. The molecule has 0 aromatic carbocycles. The van der Waals surface area contributed by atoms with Gasteiger partial charge in [-0.25, -0.2) is 4.98 Å². The Labute approximate surface area is 102 Å². The summed E-state index contributed by atoms with van der Waals surface area (Å²) >= 11 is 0. The summed E-state index contributed by atoms with van der Waals surface area (Å²) < 4.78 is 1.64. The van der Waals surface area contributed by atoms with Gasteiger partial charge in [-0.05, 0) is 34.1 Å². The monoisotopic (exact) mass is 239 g/mol.